The molecule has 0 saturated carbocycles. The highest BCUT2D eigenvalue weighted by molar-refractivity contribution is 6.07. The average molecular weight is 434 g/mol. The molecular weight excluding hydrogens is 405 g/mol. The molecule has 4 nitrogen and oxygen atoms in total. The van der Waals surface area contributed by atoms with E-state index in [9.17, 15) is 14.3 Å². The number of hydrogen-bond acceptors (Lipinski definition) is 3. The molecule has 1 aliphatic carbocycles. The number of methoxy groups -OCH3 is 1. The zero-order chi connectivity index (χ0) is 22.8. The Morgan fingerprint density at radius 1 is 1.09 bits per heavy atom. The Kier molecular flexibility index (Phi) is 6.17. The van der Waals surface area contributed by atoms with Crippen molar-refractivity contribution in [3.8, 4) is 11.5 Å². The van der Waals surface area contributed by atoms with Gasteiger partial charge in [-0.25, -0.2) is 4.39 Å². The first-order valence-corrected chi connectivity index (χ1v) is 11.0. The Balaban J connectivity index is 1.77. The maximum Gasteiger partial charge on any atom is 0.258 e. The largest absolute Gasteiger partial charge is 0.505 e. The maximum absolute atomic E-state index is 14.0. The van der Waals surface area contributed by atoms with E-state index < -0.39 is 11.6 Å². The summed E-state index contributed by atoms with van der Waals surface area (Å²) >= 11 is 0. The van der Waals surface area contributed by atoms with Crippen LogP contribution in [0.1, 0.15) is 53.2 Å². The molecule has 3 aromatic carbocycles. The molecule has 1 aliphatic rings. The SMILES string of the molecule is COc1ccc(C2CCc3ccccc3C2)c(N(C(=O)c2ccc(O)c(F)c2)C(C)C)c1. The van der Waals surface area contributed by atoms with Gasteiger partial charge in [-0.15, -0.1) is 0 Å². The van der Waals surface area contributed by atoms with Gasteiger partial charge in [-0.3, -0.25) is 4.79 Å². The van der Waals surface area contributed by atoms with Crippen LogP contribution in [0.25, 0.3) is 0 Å². The number of aromatic hydroxyl groups is 1. The molecule has 0 spiro atoms. The number of carbonyl (C=O) groups excluding carboxylic acids is 1. The average Bonchev–Trinajstić information content (AvgIpc) is 2.80. The van der Waals surface area contributed by atoms with Crippen LogP contribution < -0.4 is 9.64 Å². The van der Waals surface area contributed by atoms with Crippen LogP contribution in [0.15, 0.2) is 60.7 Å². The van der Waals surface area contributed by atoms with Gasteiger partial charge in [0.25, 0.3) is 5.91 Å². The smallest absolute Gasteiger partial charge is 0.258 e. The molecule has 1 amide bonds. The molecule has 32 heavy (non-hydrogen) atoms. The van der Waals surface area contributed by atoms with Gasteiger partial charge < -0.3 is 14.7 Å². The lowest BCUT2D eigenvalue weighted by Crippen LogP contribution is -2.38. The van der Waals surface area contributed by atoms with Gasteiger partial charge in [-0.1, -0.05) is 30.3 Å². The van der Waals surface area contributed by atoms with Crippen molar-refractivity contribution in [3.05, 3.63) is 88.7 Å². The second-order valence-electron chi connectivity index (χ2n) is 8.57. The molecule has 0 aromatic heterocycles. The van der Waals surface area contributed by atoms with Crippen LogP contribution in [0.2, 0.25) is 0 Å². The third kappa shape index (κ3) is 4.20. The number of rotatable bonds is 5. The predicted molar refractivity (Wildman–Crippen MR) is 124 cm³/mol. The summed E-state index contributed by atoms with van der Waals surface area (Å²) in [5.74, 6) is -0.675. The number of phenolic OH excluding ortho intramolecular Hbond substituents is 1. The minimum absolute atomic E-state index is 0.166. The summed E-state index contributed by atoms with van der Waals surface area (Å²) in [6, 6.07) is 18.0. The standard InChI is InChI=1S/C27H28FNO3/c1-17(2)29(27(31)21-10-13-26(30)24(28)15-21)25-16-22(32-3)11-12-23(25)20-9-8-18-6-4-5-7-19(18)14-20/h4-7,10-13,15-17,20,30H,8-9,14H2,1-3H3. The van der Waals surface area contributed by atoms with Crippen LogP contribution in [-0.2, 0) is 12.8 Å². The lowest BCUT2D eigenvalue weighted by atomic mass is 9.79. The highest BCUT2D eigenvalue weighted by Crippen LogP contribution is 2.40. The monoisotopic (exact) mass is 433 g/mol. The number of phenols is 1. The van der Waals surface area contributed by atoms with E-state index in [1.807, 2.05) is 32.0 Å². The number of benzene rings is 3. The Hall–Kier alpha value is -3.34. The van der Waals surface area contributed by atoms with E-state index in [2.05, 4.69) is 24.3 Å². The fourth-order valence-corrected chi connectivity index (χ4v) is 4.57. The minimum Gasteiger partial charge on any atom is -0.505 e. The Bertz CT molecular complexity index is 1140. The van der Waals surface area contributed by atoms with Gasteiger partial charge in [-0.05, 0) is 80.0 Å². The van der Waals surface area contributed by atoms with Gasteiger partial charge in [-0.2, -0.15) is 0 Å². The summed E-state index contributed by atoms with van der Waals surface area (Å²) in [6.07, 6.45) is 2.89. The van der Waals surface area contributed by atoms with Crippen molar-refractivity contribution in [2.75, 3.05) is 12.0 Å². The Morgan fingerprint density at radius 2 is 1.84 bits per heavy atom. The molecule has 166 valence electrons. The van der Waals surface area contributed by atoms with Gasteiger partial charge in [0, 0.05) is 17.7 Å². The topological polar surface area (TPSA) is 49.8 Å². The summed E-state index contributed by atoms with van der Waals surface area (Å²) in [4.78, 5) is 15.2. The number of ether oxygens (including phenoxy) is 1. The minimum atomic E-state index is -0.811. The number of fused-ring (bicyclic) bond motifs is 1. The number of aryl methyl sites for hydroxylation is 1. The molecule has 4 rings (SSSR count). The first kappa shape index (κ1) is 21.9. The Morgan fingerprint density at radius 3 is 2.53 bits per heavy atom. The molecule has 5 heteroatoms. The molecule has 1 unspecified atom stereocenters. The number of carbonyl (C=O) groups is 1. The molecule has 0 bridgehead atoms. The molecule has 1 atom stereocenters. The molecule has 1 N–H and O–H groups in total. The third-order valence-electron chi connectivity index (χ3n) is 6.21. The zero-order valence-corrected chi connectivity index (χ0v) is 18.6. The van der Waals surface area contributed by atoms with E-state index in [0.717, 1.165) is 36.6 Å². The van der Waals surface area contributed by atoms with Crippen LogP contribution in [-0.4, -0.2) is 24.2 Å². The fourth-order valence-electron chi connectivity index (χ4n) is 4.57. The number of nitrogens with zero attached hydrogens (tertiary/aromatic N) is 1. The second kappa shape index (κ2) is 9.03. The first-order valence-electron chi connectivity index (χ1n) is 11.0. The molecule has 3 aromatic rings. The van der Waals surface area contributed by atoms with E-state index in [0.29, 0.717) is 5.75 Å². The third-order valence-corrected chi connectivity index (χ3v) is 6.21. The van der Waals surface area contributed by atoms with Crippen LogP contribution in [0.3, 0.4) is 0 Å². The van der Waals surface area contributed by atoms with Crippen molar-refractivity contribution < 1.29 is 19.0 Å². The highest BCUT2D eigenvalue weighted by atomic mass is 19.1. The highest BCUT2D eigenvalue weighted by Gasteiger charge is 2.29. The van der Waals surface area contributed by atoms with Crippen molar-refractivity contribution in [3.63, 3.8) is 0 Å². The van der Waals surface area contributed by atoms with Crippen molar-refractivity contribution in [2.45, 2.75) is 45.1 Å². The van der Waals surface area contributed by atoms with Gasteiger partial charge in [0.15, 0.2) is 11.6 Å². The lowest BCUT2D eigenvalue weighted by molar-refractivity contribution is 0.0979. The molecular formula is C27H28FNO3. The van der Waals surface area contributed by atoms with E-state index in [1.165, 1.54) is 23.3 Å². The summed E-state index contributed by atoms with van der Waals surface area (Å²) in [7, 11) is 1.60. The van der Waals surface area contributed by atoms with Crippen molar-refractivity contribution >= 4 is 11.6 Å². The van der Waals surface area contributed by atoms with Crippen LogP contribution in [0.5, 0.6) is 11.5 Å². The maximum atomic E-state index is 14.0. The predicted octanol–water partition coefficient (Wildman–Crippen LogP) is 5.87. The van der Waals surface area contributed by atoms with Gasteiger partial charge in [0.1, 0.15) is 5.75 Å². The quantitative estimate of drug-likeness (QED) is 0.548. The zero-order valence-electron chi connectivity index (χ0n) is 18.6. The normalized spacial score (nSPS) is 15.3. The second-order valence-corrected chi connectivity index (χ2v) is 8.57. The number of anilines is 1. The molecule has 0 radical (unpaired) electrons. The number of halogens is 1. The van der Waals surface area contributed by atoms with Crippen molar-refractivity contribution in [1.82, 2.24) is 0 Å². The van der Waals surface area contributed by atoms with Crippen molar-refractivity contribution in [1.29, 1.82) is 0 Å². The van der Waals surface area contributed by atoms with Crippen LogP contribution in [0.4, 0.5) is 10.1 Å². The van der Waals surface area contributed by atoms with Crippen molar-refractivity contribution in [2.24, 2.45) is 0 Å². The van der Waals surface area contributed by atoms with Gasteiger partial charge >= 0.3 is 0 Å². The van der Waals surface area contributed by atoms with Gasteiger partial charge in [0.05, 0.1) is 12.8 Å². The lowest BCUT2D eigenvalue weighted by Gasteiger charge is -2.33. The van der Waals surface area contributed by atoms with E-state index in [-0.39, 0.29) is 23.4 Å². The molecule has 0 aliphatic heterocycles. The molecule has 0 fully saturated rings. The number of hydrogen-bond donors (Lipinski definition) is 1. The van der Waals surface area contributed by atoms with Crippen LogP contribution >= 0.6 is 0 Å². The fraction of sp³-hybridized carbons (Fsp3) is 0.296. The molecule has 0 heterocycles. The summed E-state index contributed by atoms with van der Waals surface area (Å²) in [5.41, 5.74) is 4.78. The Labute approximate surface area is 188 Å². The summed E-state index contributed by atoms with van der Waals surface area (Å²) in [5, 5.41) is 9.54. The summed E-state index contributed by atoms with van der Waals surface area (Å²) in [6.45, 7) is 3.88. The first-order chi connectivity index (χ1) is 15.4. The molecule has 0 saturated heterocycles. The van der Waals surface area contributed by atoms with Crippen LogP contribution in [0, 0.1) is 5.82 Å². The number of amides is 1. The van der Waals surface area contributed by atoms with E-state index in [1.54, 1.807) is 12.0 Å². The van der Waals surface area contributed by atoms with E-state index >= 15 is 0 Å². The van der Waals surface area contributed by atoms with E-state index in [4.69, 9.17) is 4.74 Å². The summed E-state index contributed by atoms with van der Waals surface area (Å²) < 4.78 is 19.5. The van der Waals surface area contributed by atoms with Gasteiger partial charge in [0.2, 0.25) is 0 Å².